The SMILES string of the molecule is CCCCCCC(=O)OOC(C)C. The van der Waals surface area contributed by atoms with Crippen molar-refractivity contribution in [2.24, 2.45) is 0 Å². The van der Waals surface area contributed by atoms with E-state index in [-0.39, 0.29) is 12.1 Å². The molecule has 3 nitrogen and oxygen atoms in total. The quantitative estimate of drug-likeness (QED) is 0.350. The number of hydrogen-bond donors (Lipinski definition) is 0. The third-order valence-corrected chi connectivity index (χ3v) is 1.57. The van der Waals surface area contributed by atoms with Crippen LogP contribution in [-0.4, -0.2) is 12.1 Å². The highest BCUT2D eigenvalue weighted by atomic mass is 17.2. The average molecular weight is 188 g/mol. The lowest BCUT2D eigenvalue weighted by Crippen LogP contribution is -2.10. The summed E-state index contributed by atoms with van der Waals surface area (Å²) in [6.07, 6.45) is 4.75. The van der Waals surface area contributed by atoms with Gasteiger partial charge in [0.15, 0.2) is 0 Å². The van der Waals surface area contributed by atoms with Gasteiger partial charge in [0.25, 0.3) is 0 Å². The lowest BCUT2D eigenvalue weighted by molar-refractivity contribution is -0.291. The van der Waals surface area contributed by atoms with Gasteiger partial charge >= 0.3 is 5.97 Å². The van der Waals surface area contributed by atoms with Crippen molar-refractivity contribution in [2.75, 3.05) is 0 Å². The molecule has 0 aliphatic heterocycles. The van der Waals surface area contributed by atoms with Crippen molar-refractivity contribution < 1.29 is 14.6 Å². The molecule has 0 saturated heterocycles. The summed E-state index contributed by atoms with van der Waals surface area (Å²) >= 11 is 0. The van der Waals surface area contributed by atoms with Crippen LogP contribution in [0.2, 0.25) is 0 Å². The third-order valence-electron chi connectivity index (χ3n) is 1.57. The molecular formula is C10H20O3. The molecule has 0 saturated carbocycles. The van der Waals surface area contributed by atoms with Crippen LogP contribution < -0.4 is 0 Å². The monoisotopic (exact) mass is 188 g/mol. The molecule has 0 heterocycles. The Labute approximate surface area is 80.3 Å². The number of carbonyl (C=O) groups excluding carboxylic acids is 1. The Balaban J connectivity index is 3.20. The third kappa shape index (κ3) is 9.34. The summed E-state index contributed by atoms with van der Waals surface area (Å²) in [4.78, 5) is 20.2. The second-order valence-corrected chi connectivity index (χ2v) is 3.41. The van der Waals surface area contributed by atoms with Gasteiger partial charge in [-0.15, -0.1) is 0 Å². The van der Waals surface area contributed by atoms with Crippen molar-refractivity contribution in [3.63, 3.8) is 0 Å². The van der Waals surface area contributed by atoms with Crippen molar-refractivity contribution in [1.82, 2.24) is 0 Å². The molecule has 13 heavy (non-hydrogen) atoms. The van der Waals surface area contributed by atoms with Gasteiger partial charge in [0.2, 0.25) is 0 Å². The summed E-state index contributed by atoms with van der Waals surface area (Å²) in [5, 5.41) is 0. The minimum atomic E-state index is -0.259. The first-order valence-electron chi connectivity index (χ1n) is 5.03. The Morgan fingerprint density at radius 3 is 2.46 bits per heavy atom. The number of unbranched alkanes of at least 4 members (excludes halogenated alkanes) is 3. The summed E-state index contributed by atoms with van der Waals surface area (Å²) in [6.45, 7) is 5.79. The van der Waals surface area contributed by atoms with Gasteiger partial charge in [0.1, 0.15) is 0 Å². The predicted molar refractivity (Wildman–Crippen MR) is 51.1 cm³/mol. The molecule has 0 N–H and O–H groups in total. The minimum absolute atomic E-state index is 0.0559. The smallest absolute Gasteiger partial charge is 0.298 e. The van der Waals surface area contributed by atoms with Crippen LogP contribution in [0.5, 0.6) is 0 Å². The van der Waals surface area contributed by atoms with Gasteiger partial charge in [-0.05, 0) is 20.3 Å². The largest absolute Gasteiger partial charge is 0.342 e. The van der Waals surface area contributed by atoms with Crippen LogP contribution in [0.15, 0.2) is 0 Å². The second kappa shape index (κ2) is 8.05. The van der Waals surface area contributed by atoms with Gasteiger partial charge in [0.05, 0.1) is 6.10 Å². The van der Waals surface area contributed by atoms with Crippen LogP contribution in [0.1, 0.15) is 52.9 Å². The Morgan fingerprint density at radius 2 is 1.92 bits per heavy atom. The zero-order valence-corrected chi connectivity index (χ0v) is 8.84. The molecule has 0 aliphatic rings. The molecule has 0 aromatic rings. The molecule has 0 radical (unpaired) electrons. The van der Waals surface area contributed by atoms with E-state index in [1.165, 1.54) is 12.8 Å². The van der Waals surface area contributed by atoms with Crippen molar-refractivity contribution >= 4 is 5.97 Å². The number of hydrogen-bond acceptors (Lipinski definition) is 3. The van der Waals surface area contributed by atoms with Crippen LogP contribution in [0.3, 0.4) is 0 Å². The highest BCUT2D eigenvalue weighted by Gasteiger charge is 2.04. The molecule has 0 bridgehead atoms. The van der Waals surface area contributed by atoms with E-state index in [2.05, 4.69) is 11.8 Å². The maximum atomic E-state index is 11.0. The van der Waals surface area contributed by atoms with Crippen molar-refractivity contribution in [2.45, 2.75) is 59.0 Å². The lowest BCUT2D eigenvalue weighted by atomic mass is 10.2. The normalized spacial score (nSPS) is 10.5. The summed E-state index contributed by atoms with van der Waals surface area (Å²) in [5.74, 6) is -0.259. The van der Waals surface area contributed by atoms with Gasteiger partial charge in [-0.1, -0.05) is 26.2 Å². The summed E-state index contributed by atoms with van der Waals surface area (Å²) in [7, 11) is 0. The van der Waals surface area contributed by atoms with Crippen molar-refractivity contribution in [3.05, 3.63) is 0 Å². The molecule has 0 rings (SSSR count). The Hall–Kier alpha value is -0.570. The maximum absolute atomic E-state index is 11.0. The summed E-state index contributed by atoms with van der Waals surface area (Å²) < 4.78 is 0. The first-order valence-corrected chi connectivity index (χ1v) is 5.03. The van der Waals surface area contributed by atoms with E-state index in [9.17, 15) is 4.79 Å². The fourth-order valence-electron chi connectivity index (χ4n) is 0.888. The van der Waals surface area contributed by atoms with Crippen LogP contribution >= 0.6 is 0 Å². The van der Waals surface area contributed by atoms with E-state index in [0.29, 0.717) is 6.42 Å². The lowest BCUT2D eigenvalue weighted by Gasteiger charge is -2.05. The fraction of sp³-hybridized carbons (Fsp3) is 0.900. The Bertz CT molecular complexity index is 132. The van der Waals surface area contributed by atoms with Crippen LogP contribution in [0.25, 0.3) is 0 Å². The summed E-state index contributed by atoms with van der Waals surface area (Å²) in [6, 6.07) is 0. The molecule has 0 unspecified atom stereocenters. The van der Waals surface area contributed by atoms with Gasteiger partial charge in [-0.3, -0.25) is 4.89 Å². The molecule has 0 atom stereocenters. The Kier molecular flexibility index (Phi) is 7.69. The number of rotatable bonds is 7. The van der Waals surface area contributed by atoms with E-state index >= 15 is 0 Å². The van der Waals surface area contributed by atoms with E-state index in [1.54, 1.807) is 0 Å². The minimum Gasteiger partial charge on any atom is -0.298 e. The second-order valence-electron chi connectivity index (χ2n) is 3.41. The molecule has 0 amide bonds. The maximum Gasteiger partial charge on any atom is 0.342 e. The predicted octanol–water partition coefficient (Wildman–Crippen LogP) is 2.84. The van der Waals surface area contributed by atoms with E-state index < -0.39 is 0 Å². The molecule has 78 valence electrons. The first-order chi connectivity index (χ1) is 6.16. The molecule has 0 aromatic heterocycles. The molecule has 0 aromatic carbocycles. The topological polar surface area (TPSA) is 35.5 Å². The van der Waals surface area contributed by atoms with Crippen LogP contribution in [0, 0.1) is 0 Å². The zero-order valence-electron chi connectivity index (χ0n) is 8.84. The fourth-order valence-corrected chi connectivity index (χ4v) is 0.888. The van der Waals surface area contributed by atoms with Crippen LogP contribution in [0.4, 0.5) is 0 Å². The Morgan fingerprint density at radius 1 is 1.23 bits per heavy atom. The molecule has 0 spiro atoms. The molecule has 0 fully saturated rings. The number of carbonyl (C=O) groups is 1. The van der Waals surface area contributed by atoms with Crippen molar-refractivity contribution in [3.8, 4) is 0 Å². The van der Waals surface area contributed by atoms with E-state index in [1.807, 2.05) is 13.8 Å². The zero-order chi connectivity index (χ0) is 10.1. The molecule has 0 aliphatic carbocycles. The molecular weight excluding hydrogens is 168 g/mol. The van der Waals surface area contributed by atoms with E-state index in [4.69, 9.17) is 4.89 Å². The highest BCUT2D eigenvalue weighted by Crippen LogP contribution is 2.04. The summed E-state index contributed by atoms with van der Waals surface area (Å²) in [5.41, 5.74) is 0. The van der Waals surface area contributed by atoms with Gasteiger partial charge < -0.3 is 0 Å². The van der Waals surface area contributed by atoms with E-state index in [0.717, 1.165) is 12.8 Å². The van der Waals surface area contributed by atoms with Gasteiger partial charge in [-0.25, -0.2) is 4.79 Å². The highest BCUT2D eigenvalue weighted by molar-refractivity contribution is 5.68. The standard InChI is InChI=1S/C10H20O3/c1-4-5-6-7-8-10(11)13-12-9(2)3/h9H,4-8H2,1-3H3. The van der Waals surface area contributed by atoms with Gasteiger partial charge in [0, 0.05) is 6.42 Å². The van der Waals surface area contributed by atoms with Gasteiger partial charge in [-0.2, -0.15) is 4.89 Å². The first kappa shape index (κ1) is 12.4. The average Bonchev–Trinajstić information content (AvgIpc) is 2.09. The van der Waals surface area contributed by atoms with Crippen LogP contribution in [-0.2, 0) is 14.6 Å². The molecule has 3 heteroatoms. The van der Waals surface area contributed by atoms with Crippen molar-refractivity contribution in [1.29, 1.82) is 0 Å².